The molecule has 1 rings (SSSR count). The van der Waals surface area contributed by atoms with Crippen molar-refractivity contribution in [2.75, 3.05) is 20.1 Å². The van der Waals surface area contributed by atoms with Crippen molar-refractivity contribution in [3.8, 4) is 0 Å². The Morgan fingerprint density at radius 3 is 2.61 bits per heavy atom. The van der Waals surface area contributed by atoms with Crippen LogP contribution in [0.3, 0.4) is 0 Å². The first-order valence-electron chi connectivity index (χ1n) is 5.78. The molecule has 0 spiro atoms. The molecule has 5 heteroatoms. The fourth-order valence-electron chi connectivity index (χ4n) is 1.59. The summed E-state index contributed by atoms with van der Waals surface area (Å²) in [5.74, 6) is 0.517. The number of amides is 1. The number of hydrogen-bond donors (Lipinski definition) is 2. The molecule has 0 radical (unpaired) electrons. The van der Waals surface area contributed by atoms with Crippen LogP contribution in [0.2, 0.25) is 0 Å². The molecule has 0 saturated carbocycles. The molecule has 102 valence electrons. The topological polar surface area (TPSA) is 41.1 Å². The molecule has 1 aromatic rings. The summed E-state index contributed by atoms with van der Waals surface area (Å²) in [6.45, 7) is 3.73. The Kier molecular flexibility index (Phi) is 9.06. The molecule has 0 aliphatic rings. The average molecular weight is 336 g/mol. The highest BCUT2D eigenvalue weighted by molar-refractivity contribution is 9.10. The molecule has 1 atom stereocenters. The first kappa shape index (κ1) is 17.4. The number of nitrogens with one attached hydrogen (secondary N) is 2. The third kappa shape index (κ3) is 6.38. The monoisotopic (exact) mass is 334 g/mol. The first-order valence-corrected chi connectivity index (χ1v) is 6.57. The van der Waals surface area contributed by atoms with Crippen LogP contribution in [0.1, 0.15) is 12.5 Å². The number of benzene rings is 1. The summed E-state index contributed by atoms with van der Waals surface area (Å²) in [6, 6.07) is 7.80. The number of carbonyl (C=O) groups excluding carboxylic acids is 1. The maximum absolute atomic E-state index is 11.7. The minimum Gasteiger partial charge on any atom is -0.355 e. The molecule has 1 unspecified atom stereocenters. The van der Waals surface area contributed by atoms with Gasteiger partial charge in [0.05, 0.1) is 6.42 Å². The largest absolute Gasteiger partial charge is 0.355 e. The zero-order chi connectivity index (χ0) is 12.7. The second kappa shape index (κ2) is 9.36. The first-order chi connectivity index (χ1) is 8.13. The fourth-order valence-corrected chi connectivity index (χ4v) is 2.01. The van der Waals surface area contributed by atoms with Gasteiger partial charge in [-0.05, 0) is 31.1 Å². The zero-order valence-electron chi connectivity index (χ0n) is 10.7. The lowest BCUT2D eigenvalue weighted by atomic mass is 10.1. The highest BCUT2D eigenvalue weighted by Gasteiger charge is 2.07. The molecule has 0 aliphatic carbocycles. The van der Waals surface area contributed by atoms with Gasteiger partial charge in [0.1, 0.15) is 0 Å². The summed E-state index contributed by atoms with van der Waals surface area (Å²) in [4.78, 5) is 11.7. The van der Waals surface area contributed by atoms with E-state index in [4.69, 9.17) is 0 Å². The second-order valence-electron chi connectivity index (χ2n) is 4.24. The van der Waals surface area contributed by atoms with Crippen LogP contribution in [0.15, 0.2) is 28.7 Å². The van der Waals surface area contributed by atoms with Gasteiger partial charge in [-0.25, -0.2) is 0 Å². The van der Waals surface area contributed by atoms with Gasteiger partial charge in [0.25, 0.3) is 0 Å². The SMILES string of the molecule is CNCC(C)CNC(=O)Cc1ccccc1Br.Cl. The lowest BCUT2D eigenvalue weighted by Crippen LogP contribution is -2.33. The van der Waals surface area contributed by atoms with Crippen LogP contribution < -0.4 is 10.6 Å². The van der Waals surface area contributed by atoms with Crippen molar-refractivity contribution in [2.24, 2.45) is 5.92 Å². The van der Waals surface area contributed by atoms with Crippen molar-refractivity contribution < 1.29 is 4.79 Å². The van der Waals surface area contributed by atoms with E-state index in [9.17, 15) is 4.79 Å². The van der Waals surface area contributed by atoms with Gasteiger partial charge < -0.3 is 10.6 Å². The number of rotatable bonds is 6. The van der Waals surface area contributed by atoms with E-state index < -0.39 is 0 Å². The summed E-state index contributed by atoms with van der Waals surface area (Å²) in [5.41, 5.74) is 1.02. The standard InChI is InChI=1S/C13H19BrN2O.ClH/c1-10(8-15-2)9-16-13(17)7-11-5-3-4-6-12(11)14;/h3-6,10,15H,7-9H2,1-2H3,(H,16,17);1H. The fraction of sp³-hybridized carbons (Fsp3) is 0.462. The smallest absolute Gasteiger partial charge is 0.224 e. The van der Waals surface area contributed by atoms with Gasteiger partial charge >= 0.3 is 0 Å². The van der Waals surface area contributed by atoms with Gasteiger partial charge in [-0.2, -0.15) is 0 Å². The summed E-state index contributed by atoms with van der Waals surface area (Å²) in [5, 5.41) is 6.03. The molecule has 0 aromatic heterocycles. The lowest BCUT2D eigenvalue weighted by molar-refractivity contribution is -0.120. The van der Waals surface area contributed by atoms with E-state index >= 15 is 0 Å². The van der Waals surface area contributed by atoms with Crippen LogP contribution in [-0.2, 0) is 11.2 Å². The molecule has 0 saturated heterocycles. The molecule has 18 heavy (non-hydrogen) atoms. The Morgan fingerprint density at radius 1 is 1.33 bits per heavy atom. The number of halogens is 2. The molecular weight excluding hydrogens is 316 g/mol. The molecule has 0 fully saturated rings. The van der Waals surface area contributed by atoms with Gasteiger partial charge in [0, 0.05) is 11.0 Å². The van der Waals surface area contributed by atoms with Crippen LogP contribution in [0.5, 0.6) is 0 Å². The van der Waals surface area contributed by atoms with E-state index in [1.807, 2.05) is 31.3 Å². The Bertz CT molecular complexity index is 374. The summed E-state index contributed by atoms with van der Waals surface area (Å²) in [6.07, 6.45) is 0.424. The van der Waals surface area contributed by atoms with Crippen molar-refractivity contribution in [2.45, 2.75) is 13.3 Å². The Morgan fingerprint density at radius 2 is 2.00 bits per heavy atom. The third-order valence-electron chi connectivity index (χ3n) is 2.51. The van der Waals surface area contributed by atoms with E-state index in [-0.39, 0.29) is 18.3 Å². The van der Waals surface area contributed by atoms with Crippen molar-refractivity contribution in [3.05, 3.63) is 34.3 Å². The molecular formula is C13H20BrClN2O. The second-order valence-corrected chi connectivity index (χ2v) is 5.09. The van der Waals surface area contributed by atoms with Crippen LogP contribution in [-0.4, -0.2) is 26.0 Å². The van der Waals surface area contributed by atoms with E-state index in [0.717, 1.165) is 16.6 Å². The highest BCUT2D eigenvalue weighted by Crippen LogP contribution is 2.16. The van der Waals surface area contributed by atoms with Crippen LogP contribution >= 0.6 is 28.3 Å². The van der Waals surface area contributed by atoms with E-state index in [0.29, 0.717) is 18.9 Å². The Hall–Kier alpha value is -0.580. The Balaban J connectivity index is 0.00000289. The zero-order valence-corrected chi connectivity index (χ0v) is 13.1. The highest BCUT2D eigenvalue weighted by atomic mass is 79.9. The molecule has 0 bridgehead atoms. The Labute approximate surface area is 123 Å². The minimum atomic E-state index is 0. The lowest BCUT2D eigenvalue weighted by Gasteiger charge is -2.12. The molecule has 3 nitrogen and oxygen atoms in total. The molecule has 2 N–H and O–H groups in total. The average Bonchev–Trinajstić information content (AvgIpc) is 2.30. The van der Waals surface area contributed by atoms with Crippen LogP contribution in [0.25, 0.3) is 0 Å². The molecule has 0 heterocycles. The van der Waals surface area contributed by atoms with Crippen molar-refractivity contribution >= 4 is 34.2 Å². The summed E-state index contributed by atoms with van der Waals surface area (Å²) in [7, 11) is 1.92. The minimum absolute atomic E-state index is 0. The predicted molar refractivity (Wildman–Crippen MR) is 81.2 cm³/mol. The molecule has 1 amide bonds. The van der Waals surface area contributed by atoms with E-state index in [1.165, 1.54) is 0 Å². The quantitative estimate of drug-likeness (QED) is 0.838. The molecule has 0 aliphatic heterocycles. The maximum atomic E-state index is 11.7. The van der Waals surface area contributed by atoms with Crippen molar-refractivity contribution in [1.29, 1.82) is 0 Å². The molecule has 1 aromatic carbocycles. The van der Waals surface area contributed by atoms with Crippen LogP contribution in [0.4, 0.5) is 0 Å². The van der Waals surface area contributed by atoms with Gasteiger partial charge in [-0.15, -0.1) is 12.4 Å². The van der Waals surface area contributed by atoms with E-state index in [1.54, 1.807) is 0 Å². The van der Waals surface area contributed by atoms with Gasteiger partial charge in [0.2, 0.25) is 5.91 Å². The van der Waals surface area contributed by atoms with Gasteiger partial charge in [-0.3, -0.25) is 4.79 Å². The van der Waals surface area contributed by atoms with E-state index in [2.05, 4.69) is 33.5 Å². The number of hydrogen-bond acceptors (Lipinski definition) is 2. The van der Waals surface area contributed by atoms with Crippen molar-refractivity contribution in [3.63, 3.8) is 0 Å². The normalized spacial score (nSPS) is 11.5. The third-order valence-corrected chi connectivity index (χ3v) is 3.28. The van der Waals surface area contributed by atoms with Gasteiger partial charge in [-0.1, -0.05) is 41.1 Å². The van der Waals surface area contributed by atoms with Crippen LogP contribution in [0, 0.1) is 5.92 Å². The predicted octanol–water partition coefficient (Wildman–Crippen LogP) is 2.39. The summed E-state index contributed by atoms with van der Waals surface area (Å²) < 4.78 is 0.985. The van der Waals surface area contributed by atoms with Crippen molar-refractivity contribution in [1.82, 2.24) is 10.6 Å². The number of carbonyl (C=O) groups is 1. The van der Waals surface area contributed by atoms with Gasteiger partial charge in [0.15, 0.2) is 0 Å². The maximum Gasteiger partial charge on any atom is 0.224 e. The summed E-state index contributed by atoms with van der Waals surface area (Å²) >= 11 is 3.44.